The number of hydrogen-bond acceptors (Lipinski definition) is 2. The number of alkyl halides is 3. The van der Waals surface area contributed by atoms with Gasteiger partial charge in [0, 0.05) is 24.6 Å². The monoisotopic (exact) mass is 382 g/mol. The van der Waals surface area contributed by atoms with Crippen LogP contribution in [0.1, 0.15) is 37.7 Å². The first kappa shape index (κ1) is 21.0. The lowest BCUT2D eigenvalue weighted by Crippen LogP contribution is -2.24. The molecule has 1 heterocycles. The molecule has 0 bridgehead atoms. The SMILES string of the molecule is O=C(O)C(F)(F)F.c1ccn(-c2ccc(CNCC3CCCCC3)cc2)c1. The zero-order chi connectivity index (χ0) is 19.7. The van der Waals surface area contributed by atoms with E-state index >= 15 is 0 Å². The van der Waals surface area contributed by atoms with Crippen molar-refractivity contribution in [3.05, 3.63) is 54.4 Å². The number of aliphatic carboxylic acids is 1. The maximum atomic E-state index is 10.6. The van der Waals surface area contributed by atoms with Crippen molar-refractivity contribution in [1.82, 2.24) is 9.88 Å². The average Bonchev–Trinajstić information content (AvgIpc) is 3.18. The van der Waals surface area contributed by atoms with Gasteiger partial charge in [-0.25, -0.2) is 4.79 Å². The number of carboxylic acids is 1. The fourth-order valence-electron chi connectivity index (χ4n) is 3.10. The van der Waals surface area contributed by atoms with Gasteiger partial charge in [0.2, 0.25) is 0 Å². The van der Waals surface area contributed by atoms with E-state index in [4.69, 9.17) is 9.90 Å². The summed E-state index contributed by atoms with van der Waals surface area (Å²) in [6, 6.07) is 12.9. The van der Waals surface area contributed by atoms with E-state index in [1.54, 1.807) is 0 Å². The third kappa shape index (κ3) is 7.46. The van der Waals surface area contributed by atoms with Gasteiger partial charge in [-0.05, 0) is 55.1 Å². The van der Waals surface area contributed by atoms with E-state index in [9.17, 15) is 13.2 Å². The van der Waals surface area contributed by atoms with Crippen LogP contribution in [0.2, 0.25) is 0 Å². The molecule has 2 aromatic rings. The number of hydrogen-bond donors (Lipinski definition) is 2. The number of rotatable bonds is 5. The van der Waals surface area contributed by atoms with Gasteiger partial charge in [-0.3, -0.25) is 0 Å². The van der Waals surface area contributed by atoms with Crippen LogP contribution in [-0.4, -0.2) is 28.4 Å². The minimum Gasteiger partial charge on any atom is -0.475 e. The highest BCUT2D eigenvalue weighted by molar-refractivity contribution is 5.73. The molecule has 3 rings (SSSR count). The zero-order valence-electron chi connectivity index (χ0n) is 15.1. The molecular weight excluding hydrogens is 357 g/mol. The predicted octanol–water partition coefficient (Wildman–Crippen LogP) is 4.78. The first-order valence-electron chi connectivity index (χ1n) is 9.09. The van der Waals surface area contributed by atoms with Crippen LogP contribution in [0.4, 0.5) is 13.2 Å². The van der Waals surface area contributed by atoms with Gasteiger partial charge in [0.25, 0.3) is 0 Å². The quantitative estimate of drug-likeness (QED) is 0.782. The maximum Gasteiger partial charge on any atom is 0.490 e. The van der Waals surface area contributed by atoms with E-state index in [0.29, 0.717) is 0 Å². The fraction of sp³-hybridized carbons (Fsp3) is 0.450. The normalized spacial score (nSPS) is 15.1. The van der Waals surface area contributed by atoms with Crippen molar-refractivity contribution in [3.63, 3.8) is 0 Å². The molecule has 0 radical (unpaired) electrons. The van der Waals surface area contributed by atoms with Crippen molar-refractivity contribution >= 4 is 5.97 Å². The largest absolute Gasteiger partial charge is 0.490 e. The summed E-state index contributed by atoms with van der Waals surface area (Å²) in [6.07, 6.45) is 6.21. The van der Waals surface area contributed by atoms with Crippen LogP contribution in [-0.2, 0) is 11.3 Å². The van der Waals surface area contributed by atoms with Crippen molar-refractivity contribution in [1.29, 1.82) is 0 Å². The van der Waals surface area contributed by atoms with E-state index in [1.807, 2.05) is 0 Å². The molecule has 27 heavy (non-hydrogen) atoms. The molecule has 2 N–H and O–H groups in total. The lowest BCUT2D eigenvalue weighted by atomic mass is 9.89. The minimum absolute atomic E-state index is 0.905. The fourth-order valence-corrected chi connectivity index (χ4v) is 3.10. The van der Waals surface area contributed by atoms with Gasteiger partial charge in [0.1, 0.15) is 0 Å². The molecule has 1 fully saturated rings. The first-order valence-corrected chi connectivity index (χ1v) is 9.09. The summed E-state index contributed by atoms with van der Waals surface area (Å²) >= 11 is 0. The number of aromatic nitrogens is 1. The summed E-state index contributed by atoms with van der Waals surface area (Å²) in [5.41, 5.74) is 2.60. The second-order valence-electron chi connectivity index (χ2n) is 6.69. The molecule has 4 nitrogen and oxygen atoms in total. The number of carbonyl (C=O) groups is 1. The van der Waals surface area contributed by atoms with Crippen molar-refractivity contribution < 1.29 is 23.1 Å². The lowest BCUT2D eigenvalue weighted by molar-refractivity contribution is -0.192. The summed E-state index contributed by atoms with van der Waals surface area (Å²) in [5.74, 6) is -1.85. The van der Waals surface area contributed by atoms with Crippen LogP contribution >= 0.6 is 0 Å². The molecule has 1 aromatic heterocycles. The molecule has 1 aliphatic carbocycles. The van der Waals surface area contributed by atoms with Gasteiger partial charge in [0.15, 0.2) is 0 Å². The summed E-state index contributed by atoms with van der Waals surface area (Å²) in [7, 11) is 0. The molecule has 0 amide bonds. The Morgan fingerprint density at radius 1 is 1.07 bits per heavy atom. The number of carboxylic acid groups (broad SMARTS) is 1. The second kappa shape index (κ2) is 10.2. The lowest BCUT2D eigenvalue weighted by Gasteiger charge is -2.21. The van der Waals surface area contributed by atoms with Crippen LogP contribution in [0.5, 0.6) is 0 Å². The molecule has 1 saturated carbocycles. The Kier molecular flexibility index (Phi) is 7.91. The van der Waals surface area contributed by atoms with Gasteiger partial charge in [0.05, 0.1) is 0 Å². The molecule has 0 saturated heterocycles. The third-order valence-corrected chi connectivity index (χ3v) is 4.57. The van der Waals surface area contributed by atoms with E-state index in [-0.39, 0.29) is 0 Å². The summed E-state index contributed by atoms with van der Waals surface area (Å²) < 4.78 is 33.9. The van der Waals surface area contributed by atoms with Crippen LogP contribution in [0.3, 0.4) is 0 Å². The minimum atomic E-state index is -5.08. The molecule has 0 unspecified atom stereocenters. The highest BCUT2D eigenvalue weighted by Crippen LogP contribution is 2.22. The topological polar surface area (TPSA) is 54.3 Å². The van der Waals surface area contributed by atoms with Gasteiger partial charge in [-0.15, -0.1) is 0 Å². The van der Waals surface area contributed by atoms with E-state index in [2.05, 4.69) is 58.7 Å². The Labute approximate surface area is 157 Å². The van der Waals surface area contributed by atoms with Crippen molar-refractivity contribution in [2.24, 2.45) is 5.92 Å². The predicted molar refractivity (Wildman–Crippen MR) is 97.7 cm³/mol. The molecule has 7 heteroatoms. The standard InChI is InChI=1S/C18H24N2.C2HF3O2/c1-2-6-16(7-3-1)14-19-15-17-8-10-18(11-9-17)20-12-4-5-13-20;3-2(4,5)1(6)7/h4-5,8-13,16,19H,1-3,6-7,14-15H2;(H,6,7). The third-order valence-electron chi connectivity index (χ3n) is 4.57. The van der Waals surface area contributed by atoms with Crippen LogP contribution in [0.25, 0.3) is 5.69 Å². The molecule has 148 valence electrons. The Morgan fingerprint density at radius 3 is 2.15 bits per heavy atom. The molecule has 0 spiro atoms. The Morgan fingerprint density at radius 2 is 1.63 bits per heavy atom. The summed E-state index contributed by atoms with van der Waals surface area (Å²) in [5, 5.41) is 10.7. The highest BCUT2D eigenvalue weighted by Gasteiger charge is 2.38. The van der Waals surface area contributed by atoms with Crippen LogP contribution in [0, 0.1) is 5.92 Å². The molecule has 0 atom stereocenters. The molecule has 0 aliphatic heterocycles. The second-order valence-corrected chi connectivity index (χ2v) is 6.69. The van der Waals surface area contributed by atoms with E-state index in [1.165, 1.54) is 49.9 Å². The molecule has 1 aromatic carbocycles. The van der Waals surface area contributed by atoms with Crippen molar-refractivity contribution in [2.75, 3.05) is 6.54 Å². The Bertz CT molecular complexity index is 676. The summed E-state index contributed by atoms with van der Waals surface area (Å²) in [4.78, 5) is 8.90. The van der Waals surface area contributed by atoms with Crippen molar-refractivity contribution in [2.45, 2.75) is 44.8 Å². The van der Waals surface area contributed by atoms with Gasteiger partial charge in [-0.2, -0.15) is 13.2 Å². The Balaban J connectivity index is 0.000000321. The van der Waals surface area contributed by atoms with Crippen LogP contribution in [0.15, 0.2) is 48.8 Å². The van der Waals surface area contributed by atoms with Gasteiger partial charge < -0.3 is 15.0 Å². The van der Waals surface area contributed by atoms with Gasteiger partial charge >= 0.3 is 12.1 Å². The average molecular weight is 382 g/mol. The number of halogens is 3. The zero-order valence-corrected chi connectivity index (χ0v) is 15.1. The van der Waals surface area contributed by atoms with E-state index < -0.39 is 12.1 Å². The van der Waals surface area contributed by atoms with Crippen LogP contribution < -0.4 is 5.32 Å². The van der Waals surface area contributed by atoms with E-state index in [0.717, 1.165) is 12.5 Å². The number of benzene rings is 1. The van der Waals surface area contributed by atoms with Crippen molar-refractivity contribution in [3.8, 4) is 5.69 Å². The highest BCUT2D eigenvalue weighted by atomic mass is 19.4. The number of nitrogens with one attached hydrogen (secondary N) is 1. The first-order chi connectivity index (χ1) is 12.9. The Hall–Kier alpha value is -2.28. The summed E-state index contributed by atoms with van der Waals surface area (Å²) in [6.45, 7) is 2.17. The smallest absolute Gasteiger partial charge is 0.475 e. The maximum absolute atomic E-state index is 10.6. The molecular formula is C20H25F3N2O2. The number of nitrogens with zero attached hydrogens (tertiary/aromatic N) is 1. The molecule has 1 aliphatic rings. The van der Waals surface area contributed by atoms with Gasteiger partial charge in [-0.1, -0.05) is 31.4 Å².